The Balaban J connectivity index is 1.68. The van der Waals surface area contributed by atoms with Crippen LogP contribution in [0.2, 0.25) is 0 Å². The van der Waals surface area contributed by atoms with Crippen molar-refractivity contribution in [2.75, 3.05) is 16.8 Å². The Morgan fingerprint density at radius 3 is 2.71 bits per heavy atom. The summed E-state index contributed by atoms with van der Waals surface area (Å²) in [4.78, 5) is 19.0. The third kappa shape index (κ3) is 3.72. The van der Waals surface area contributed by atoms with E-state index in [4.69, 9.17) is 0 Å². The van der Waals surface area contributed by atoms with Gasteiger partial charge in [-0.1, -0.05) is 6.92 Å². The number of anilines is 2. The van der Waals surface area contributed by atoms with E-state index in [9.17, 15) is 9.18 Å². The summed E-state index contributed by atoms with van der Waals surface area (Å²) < 4.78 is 12.9. The van der Waals surface area contributed by atoms with Gasteiger partial charge in [0.05, 0.1) is 11.9 Å². The van der Waals surface area contributed by atoms with E-state index in [-0.39, 0.29) is 11.7 Å². The van der Waals surface area contributed by atoms with Crippen LogP contribution in [0.4, 0.5) is 15.9 Å². The van der Waals surface area contributed by atoms with Crippen molar-refractivity contribution in [3.8, 4) is 0 Å². The molecule has 1 N–H and O–H groups in total. The number of halogens is 1. The quantitative estimate of drug-likeness (QED) is 0.913. The van der Waals surface area contributed by atoms with E-state index in [0.29, 0.717) is 17.3 Å². The predicted octanol–water partition coefficient (Wildman–Crippen LogP) is 4.24. The molecule has 1 saturated heterocycles. The van der Waals surface area contributed by atoms with Gasteiger partial charge in [-0.25, -0.2) is 9.37 Å². The van der Waals surface area contributed by atoms with Crippen LogP contribution in [0.3, 0.4) is 0 Å². The fraction of sp³-hybridized carbons (Fsp3) is 0.368. The molecule has 0 bridgehead atoms. The minimum Gasteiger partial charge on any atom is -0.354 e. The summed E-state index contributed by atoms with van der Waals surface area (Å²) in [6.07, 6.45) is 6.48. The van der Waals surface area contributed by atoms with E-state index in [1.54, 1.807) is 6.20 Å². The van der Waals surface area contributed by atoms with Gasteiger partial charge < -0.3 is 10.2 Å². The molecule has 1 aliphatic heterocycles. The van der Waals surface area contributed by atoms with Crippen LogP contribution in [-0.2, 0) is 0 Å². The smallest absolute Gasteiger partial charge is 0.255 e. The van der Waals surface area contributed by atoms with Gasteiger partial charge in [-0.2, -0.15) is 0 Å². The molecule has 2 heterocycles. The number of benzene rings is 1. The summed E-state index contributed by atoms with van der Waals surface area (Å²) in [6, 6.07) is 9.85. The Kier molecular flexibility index (Phi) is 5.08. The summed E-state index contributed by atoms with van der Waals surface area (Å²) in [6.45, 7) is 3.24. The maximum absolute atomic E-state index is 12.9. The number of nitrogens with zero attached hydrogens (tertiary/aromatic N) is 2. The largest absolute Gasteiger partial charge is 0.354 e. The molecule has 1 aromatic carbocycles. The van der Waals surface area contributed by atoms with Crippen LogP contribution in [-0.4, -0.2) is 23.5 Å². The van der Waals surface area contributed by atoms with E-state index in [0.717, 1.165) is 18.8 Å². The Hall–Kier alpha value is -2.43. The number of nitrogens with one attached hydrogen (secondary N) is 1. The molecular formula is C19H22FN3O. The predicted molar refractivity (Wildman–Crippen MR) is 93.9 cm³/mol. The highest BCUT2D eigenvalue weighted by Crippen LogP contribution is 2.25. The maximum Gasteiger partial charge on any atom is 0.255 e. The number of carbonyl (C=O) groups excluding carboxylic acids is 1. The van der Waals surface area contributed by atoms with E-state index >= 15 is 0 Å². The number of piperidine rings is 1. The summed E-state index contributed by atoms with van der Waals surface area (Å²) in [7, 11) is 0. The average molecular weight is 327 g/mol. The Labute approximate surface area is 141 Å². The lowest BCUT2D eigenvalue weighted by Gasteiger charge is -2.36. The minimum absolute atomic E-state index is 0.269. The first kappa shape index (κ1) is 16.4. The van der Waals surface area contributed by atoms with Crippen LogP contribution < -0.4 is 10.2 Å². The lowest BCUT2D eigenvalue weighted by molar-refractivity contribution is 0.102. The second-order valence-electron chi connectivity index (χ2n) is 6.12. The van der Waals surface area contributed by atoms with Gasteiger partial charge in [0.15, 0.2) is 0 Å². The van der Waals surface area contributed by atoms with Gasteiger partial charge in [-0.3, -0.25) is 4.79 Å². The lowest BCUT2D eigenvalue weighted by Crippen LogP contribution is -2.39. The zero-order valence-electron chi connectivity index (χ0n) is 13.8. The first-order chi connectivity index (χ1) is 11.7. The zero-order valence-corrected chi connectivity index (χ0v) is 13.8. The highest BCUT2D eigenvalue weighted by atomic mass is 19.1. The van der Waals surface area contributed by atoms with Crippen molar-refractivity contribution in [2.24, 2.45) is 0 Å². The highest BCUT2D eigenvalue weighted by molar-refractivity contribution is 6.04. The van der Waals surface area contributed by atoms with Crippen molar-refractivity contribution >= 4 is 17.4 Å². The molecule has 0 spiro atoms. The summed E-state index contributed by atoms with van der Waals surface area (Å²) in [5.41, 5.74) is 1.06. The maximum atomic E-state index is 12.9. The Morgan fingerprint density at radius 2 is 2.04 bits per heavy atom. The molecule has 1 amide bonds. The van der Waals surface area contributed by atoms with Gasteiger partial charge in [0, 0.05) is 18.2 Å². The molecule has 0 saturated carbocycles. The van der Waals surface area contributed by atoms with Crippen molar-refractivity contribution in [1.82, 2.24) is 4.98 Å². The standard InChI is InChI=1S/C19H22FN3O/c1-2-17-5-3-4-12-23(17)18-11-10-16(13-21-18)22-19(24)14-6-8-15(20)9-7-14/h6-11,13,17H,2-5,12H2,1H3,(H,22,24). The molecule has 0 aliphatic carbocycles. The molecule has 24 heavy (non-hydrogen) atoms. The number of amides is 1. The second kappa shape index (κ2) is 7.43. The summed E-state index contributed by atoms with van der Waals surface area (Å²) in [5.74, 6) is 0.333. The molecule has 1 aromatic heterocycles. The van der Waals surface area contributed by atoms with E-state index in [2.05, 4.69) is 22.1 Å². The fourth-order valence-electron chi connectivity index (χ4n) is 3.16. The summed E-state index contributed by atoms with van der Waals surface area (Å²) >= 11 is 0. The van der Waals surface area contributed by atoms with Gasteiger partial charge in [0.2, 0.25) is 0 Å². The van der Waals surface area contributed by atoms with Crippen LogP contribution in [0.5, 0.6) is 0 Å². The molecule has 5 heteroatoms. The van der Waals surface area contributed by atoms with E-state index in [1.807, 2.05) is 12.1 Å². The number of carbonyl (C=O) groups is 1. The molecule has 2 aromatic rings. The number of rotatable bonds is 4. The molecular weight excluding hydrogens is 305 g/mol. The molecule has 0 radical (unpaired) electrons. The van der Waals surface area contributed by atoms with Gasteiger partial charge in [0.1, 0.15) is 11.6 Å². The lowest BCUT2D eigenvalue weighted by atomic mass is 10.00. The Morgan fingerprint density at radius 1 is 1.25 bits per heavy atom. The van der Waals surface area contributed by atoms with Gasteiger partial charge in [0.25, 0.3) is 5.91 Å². The van der Waals surface area contributed by atoms with Crippen molar-refractivity contribution in [2.45, 2.75) is 38.6 Å². The Bertz CT molecular complexity index is 685. The van der Waals surface area contributed by atoms with Crippen molar-refractivity contribution < 1.29 is 9.18 Å². The molecule has 1 aliphatic rings. The molecule has 1 atom stereocenters. The molecule has 1 fully saturated rings. The molecule has 4 nitrogen and oxygen atoms in total. The third-order valence-corrected chi connectivity index (χ3v) is 4.50. The van der Waals surface area contributed by atoms with E-state index < -0.39 is 0 Å². The van der Waals surface area contributed by atoms with Crippen molar-refractivity contribution in [3.05, 3.63) is 54.0 Å². The average Bonchev–Trinajstić information content (AvgIpc) is 2.63. The number of hydrogen-bond acceptors (Lipinski definition) is 3. The van der Waals surface area contributed by atoms with Gasteiger partial charge in [-0.05, 0) is 62.1 Å². The second-order valence-corrected chi connectivity index (χ2v) is 6.12. The molecule has 3 rings (SSSR count). The third-order valence-electron chi connectivity index (χ3n) is 4.50. The van der Waals surface area contributed by atoms with E-state index in [1.165, 1.54) is 43.5 Å². The van der Waals surface area contributed by atoms with Crippen LogP contribution in [0, 0.1) is 5.82 Å². The van der Waals surface area contributed by atoms with Crippen LogP contribution in [0.15, 0.2) is 42.6 Å². The van der Waals surface area contributed by atoms with Crippen molar-refractivity contribution in [3.63, 3.8) is 0 Å². The highest BCUT2D eigenvalue weighted by Gasteiger charge is 2.21. The van der Waals surface area contributed by atoms with Gasteiger partial charge >= 0.3 is 0 Å². The number of aromatic nitrogens is 1. The van der Waals surface area contributed by atoms with Crippen molar-refractivity contribution in [1.29, 1.82) is 0 Å². The SMILES string of the molecule is CCC1CCCCN1c1ccc(NC(=O)c2ccc(F)cc2)cn1. The zero-order chi connectivity index (χ0) is 16.9. The molecule has 126 valence electrons. The first-order valence-electron chi connectivity index (χ1n) is 8.47. The van der Waals surface area contributed by atoms with Gasteiger partial charge in [-0.15, -0.1) is 0 Å². The normalized spacial score (nSPS) is 17.6. The summed E-state index contributed by atoms with van der Waals surface area (Å²) in [5, 5.41) is 2.79. The van der Waals surface area contributed by atoms with Crippen LogP contribution >= 0.6 is 0 Å². The minimum atomic E-state index is -0.357. The fourth-order valence-corrected chi connectivity index (χ4v) is 3.16. The number of hydrogen-bond donors (Lipinski definition) is 1. The monoisotopic (exact) mass is 327 g/mol. The molecule has 1 unspecified atom stereocenters. The first-order valence-corrected chi connectivity index (χ1v) is 8.47. The van der Waals surface area contributed by atoms with Crippen LogP contribution in [0.1, 0.15) is 43.0 Å². The topological polar surface area (TPSA) is 45.2 Å². The van der Waals surface area contributed by atoms with Crippen LogP contribution in [0.25, 0.3) is 0 Å². The number of pyridine rings is 1.